The summed E-state index contributed by atoms with van der Waals surface area (Å²) in [5, 5.41) is 7.04. The summed E-state index contributed by atoms with van der Waals surface area (Å²) >= 11 is 0. The second-order valence-electron chi connectivity index (χ2n) is 5.17. The molecule has 0 bridgehead atoms. The molecule has 8 nitrogen and oxygen atoms in total. The van der Waals surface area contributed by atoms with E-state index in [1.807, 2.05) is 6.07 Å². The van der Waals surface area contributed by atoms with E-state index in [-0.39, 0.29) is 5.25 Å². The first kappa shape index (κ1) is 14.9. The molecule has 1 saturated carbocycles. The summed E-state index contributed by atoms with van der Waals surface area (Å²) in [6.07, 6.45) is 5.01. The molecule has 22 heavy (non-hydrogen) atoms. The maximum absolute atomic E-state index is 11.7. The van der Waals surface area contributed by atoms with Crippen LogP contribution in [0.5, 0.6) is 0 Å². The molecule has 0 saturated heterocycles. The van der Waals surface area contributed by atoms with Gasteiger partial charge in [-0.1, -0.05) is 0 Å². The van der Waals surface area contributed by atoms with Gasteiger partial charge < -0.3 is 5.32 Å². The van der Waals surface area contributed by atoms with Gasteiger partial charge in [-0.25, -0.2) is 27.8 Å². The van der Waals surface area contributed by atoms with Crippen LogP contribution in [-0.4, -0.2) is 46.5 Å². The molecular weight excluding hydrogens is 304 g/mol. The molecule has 0 aliphatic heterocycles. The first-order valence-corrected chi connectivity index (χ1v) is 8.67. The Morgan fingerprint density at radius 2 is 2.14 bits per heavy atom. The Bertz CT molecular complexity index is 740. The van der Waals surface area contributed by atoms with Gasteiger partial charge in [0.25, 0.3) is 0 Å². The van der Waals surface area contributed by atoms with E-state index in [0.717, 1.165) is 12.8 Å². The molecule has 0 radical (unpaired) electrons. The van der Waals surface area contributed by atoms with Crippen molar-refractivity contribution < 1.29 is 8.42 Å². The normalized spacial score (nSPS) is 15.0. The summed E-state index contributed by atoms with van der Waals surface area (Å²) in [4.78, 5) is 8.60. The van der Waals surface area contributed by atoms with Gasteiger partial charge in [0.2, 0.25) is 10.0 Å². The zero-order chi connectivity index (χ0) is 15.6. The second-order valence-corrected chi connectivity index (χ2v) is 7.22. The van der Waals surface area contributed by atoms with Crippen molar-refractivity contribution in [3.05, 3.63) is 30.4 Å². The minimum atomic E-state index is -3.13. The number of hydrogen-bond donors (Lipinski definition) is 2. The minimum Gasteiger partial charge on any atom is -0.369 e. The number of nitrogens with zero attached hydrogens (tertiary/aromatic N) is 4. The van der Waals surface area contributed by atoms with E-state index in [9.17, 15) is 8.42 Å². The predicted octanol–water partition coefficient (Wildman–Crippen LogP) is 0.464. The zero-order valence-corrected chi connectivity index (χ0v) is 13.0. The van der Waals surface area contributed by atoms with Crippen LogP contribution in [0.25, 0.3) is 5.82 Å². The average molecular weight is 322 g/mol. The zero-order valence-electron chi connectivity index (χ0n) is 12.2. The first-order chi connectivity index (χ1) is 10.5. The molecule has 3 rings (SSSR count). The maximum Gasteiger partial charge on any atom is 0.214 e. The Balaban J connectivity index is 1.58. The Hall–Kier alpha value is -2.00. The molecule has 2 aromatic rings. The van der Waals surface area contributed by atoms with Crippen molar-refractivity contribution in [2.45, 2.75) is 25.0 Å². The van der Waals surface area contributed by atoms with Gasteiger partial charge in [0.15, 0.2) is 5.82 Å². The average Bonchev–Trinajstić information content (AvgIpc) is 3.20. The highest BCUT2D eigenvalue weighted by molar-refractivity contribution is 7.90. The van der Waals surface area contributed by atoms with Crippen molar-refractivity contribution in [3.8, 4) is 5.82 Å². The molecular formula is C13H18N6O2S. The summed E-state index contributed by atoms with van der Waals surface area (Å²) in [5.41, 5.74) is 0. The minimum absolute atomic E-state index is 0.194. The third-order valence-corrected chi connectivity index (χ3v) is 5.22. The van der Waals surface area contributed by atoms with E-state index in [2.05, 4.69) is 25.1 Å². The maximum atomic E-state index is 11.7. The van der Waals surface area contributed by atoms with Crippen LogP contribution in [0.4, 0.5) is 5.82 Å². The van der Waals surface area contributed by atoms with Gasteiger partial charge in [-0.15, -0.1) is 0 Å². The van der Waals surface area contributed by atoms with Gasteiger partial charge in [0.1, 0.15) is 11.6 Å². The molecule has 0 unspecified atom stereocenters. The number of nitrogens with one attached hydrogen (secondary N) is 2. The van der Waals surface area contributed by atoms with Gasteiger partial charge in [-0.05, 0) is 25.8 Å². The van der Waals surface area contributed by atoms with E-state index in [1.165, 1.54) is 0 Å². The van der Waals surface area contributed by atoms with Crippen LogP contribution < -0.4 is 10.0 Å². The predicted molar refractivity (Wildman–Crippen MR) is 82.3 cm³/mol. The van der Waals surface area contributed by atoms with Crippen LogP contribution in [0, 0.1) is 6.92 Å². The molecule has 118 valence electrons. The Labute approximate surface area is 129 Å². The second kappa shape index (κ2) is 6.01. The van der Waals surface area contributed by atoms with Crippen LogP contribution in [0.2, 0.25) is 0 Å². The van der Waals surface area contributed by atoms with Gasteiger partial charge in [0.05, 0.1) is 5.25 Å². The highest BCUT2D eigenvalue weighted by Crippen LogP contribution is 2.27. The van der Waals surface area contributed by atoms with E-state index in [1.54, 1.807) is 30.1 Å². The lowest BCUT2D eigenvalue weighted by Crippen LogP contribution is -2.31. The van der Waals surface area contributed by atoms with Crippen molar-refractivity contribution in [1.82, 2.24) is 24.5 Å². The van der Waals surface area contributed by atoms with Crippen LogP contribution in [-0.2, 0) is 10.0 Å². The number of sulfonamides is 1. The Kier molecular flexibility index (Phi) is 4.08. The van der Waals surface area contributed by atoms with Gasteiger partial charge >= 0.3 is 0 Å². The summed E-state index contributed by atoms with van der Waals surface area (Å²) in [6, 6.07) is 3.59. The quantitative estimate of drug-likeness (QED) is 0.718. The number of anilines is 1. The highest BCUT2D eigenvalue weighted by Gasteiger charge is 2.35. The number of aromatic nitrogens is 4. The standard InChI is InChI=1S/C13H18N6O2S/c1-10-17-12(9-13(18-10)19-8-2-5-15-19)14-6-7-16-22(20,21)11-3-4-11/h2,5,8-9,11,16H,3-4,6-7H2,1H3,(H,14,17,18). The van der Waals surface area contributed by atoms with Crippen molar-refractivity contribution in [3.63, 3.8) is 0 Å². The monoisotopic (exact) mass is 322 g/mol. The molecule has 2 heterocycles. The SMILES string of the molecule is Cc1nc(NCCNS(=O)(=O)C2CC2)cc(-n2cccn2)n1. The van der Waals surface area contributed by atoms with E-state index >= 15 is 0 Å². The first-order valence-electron chi connectivity index (χ1n) is 7.13. The molecule has 0 spiro atoms. The number of rotatable bonds is 7. The van der Waals surface area contributed by atoms with Crippen LogP contribution >= 0.6 is 0 Å². The van der Waals surface area contributed by atoms with Gasteiger partial charge in [-0.3, -0.25) is 0 Å². The molecule has 1 fully saturated rings. The fourth-order valence-corrected chi connectivity index (χ4v) is 3.42. The number of aryl methyl sites for hydroxylation is 1. The lowest BCUT2D eigenvalue weighted by atomic mass is 10.4. The van der Waals surface area contributed by atoms with Crippen LogP contribution in [0.3, 0.4) is 0 Å². The molecule has 0 aromatic carbocycles. The van der Waals surface area contributed by atoms with E-state index in [0.29, 0.717) is 30.5 Å². The summed E-state index contributed by atoms with van der Waals surface area (Å²) < 4.78 is 27.6. The van der Waals surface area contributed by atoms with Crippen molar-refractivity contribution in [2.24, 2.45) is 0 Å². The fraction of sp³-hybridized carbons (Fsp3) is 0.462. The molecule has 9 heteroatoms. The van der Waals surface area contributed by atoms with Gasteiger partial charge in [-0.2, -0.15) is 5.10 Å². The summed E-state index contributed by atoms with van der Waals surface area (Å²) in [5.74, 6) is 1.93. The van der Waals surface area contributed by atoms with E-state index < -0.39 is 10.0 Å². The largest absolute Gasteiger partial charge is 0.369 e. The molecule has 1 aliphatic rings. The van der Waals surface area contributed by atoms with Crippen LogP contribution in [0.15, 0.2) is 24.5 Å². The third-order valence-electron chi connectivity index (χ3n) is 3.26. The van der Waals surface area contributed by atoms with Crippen molar-refractivity contribution >= 4 is 15.8 Å². The highest BCUT2D eigenvalue weighted by atomic mass is 32.2. The fourth-order valence-electron chi connectivity index (χ4n) is 2.04. The Morgan fingerprint density at radius 1 is 1.32 bits per heavy atom. The van der Waals surface area contributed by atoms with Crippen molar-refractivity contribution in [1.29, 1.82) is 0 Å². The third kappa shape index (κ3) is 3.60. The Morgan fingerprint density at radius 3 is 2.82 bits per heavy atom. The summed E-state index contributed by atoms with van der Waals surface area (Å²) in [6.45, 7) is 2.59. The number of hydrogen-bond acceptors (Lipinski definition) is 6. The summed E-state index contributed by atoms with van der Waals surface area (Å²) in [7, 11) is -3.13. The molecule has 0 amide bonds. The lowest BCUT2D eigenvalue weighted by molar-refractivity contribution is 0.581. The van der Waals surface area contributed by atoms with E-state index in [4.69, 9.17) is 0 Å². The van der Waals surface area contributed by atoms with Gasteiger partial charge in [0, 0.05) is 31.5 Å². The molecule has 2 aromatic heterocycles. The molecule has 1 aliphatic carbocycles. The molecule has 0 atom stereocenters. The molecule has 2 N–H and O–H groups in total. The van der Waals surface area contributed by atoms with Crippen LogP contribution in [0.1, 0.15) is 18.7 Å². The lowest BCUT2D eigenvalue weighted by Gasteiger charge is -2.09. The smallest absolute Gasteiger partial charge is 0.214 e. The van der Waals surface area contributed by atoms with Crippen molar-refractivity contribution in [2.75, 3.05) is 18.4 Å². The topological polar surface area (TPSA) is 102 Å².